The fourth-order valence-corrected chi connectivity index (χ4v) is 6.15. The van der Waals surface area contributed by atoms with Gasteiger partial charge < -0.3 is 0 Å². The molecule has 6 nitrogen and oxygen atoms in total. The second kappa shape index (κ2) is 8.54. The van der Waals surface area contributed by atoms with Gasteiger partial charge in [0.15, 0.2) is 0 Å². The highest BCUT2D eigenvalue weighted by Gasteiger charge is 2.33. The van der Waals surface area contributed by atoms with Gasteiger partial charge >= 0.3 is 7.12 Å². The maximum atomic E-state index is 5.04. The lowest BCUT2D eigenvalue weighted by atomic mass is 9.93. The van der Waals surface area contributed by atoms with Crippen LogP contribution in [0.5, 0.6) is 0 Å². The Morgan fingerprint density at radius 2 is 0.882 bits per heavy atom. The molecule has 0 amide bonds. The van der Waals surface area contributed by atoms with Gasteiger partial charge in [-0.3, -0.25) is 13.8 Å². The second-order valence-corrected chi connectivity index (χ2v) is 11.0. The Balaban J connectivity index is 1.54. The van der Waals surface area contributed by atoms with Gasteiger partial charge in [0, 0.05) is 17.1 Å². The minimum Gasteiger partial charge on any atom is -0.265 e. The van der Waals surface area contributed by atoms with Crippen molar-refractivity contribution in [2.45, 2.75) is 20.8 Å². The molecule has 6 rings (SSSR count). The third kappa shape index (κ3) is 3.68. The lowest BCUT2D eigenvalue weighted by molar-refractivity contribution is 0.743. The van der Waals surface area contributed by atoms with E-state index in [0.717, 1.165) is 48.8 Å². The summed E-state index contributed by atoms with van der Waals surface area (Å²) in [5.41, 5.74) is 6.04. The zero-order chi connectivity index (χ0) is 23.2. The smallest absolute Gasteiger partial charge is 0.265 e. The first-order chi connectivity index (χ1) is 16.6. The Hall–Kier alpha value is -3.21. The summed E-state index contributed by atoms with van der Waals surface area (Å²) in [6.07, 6.45) is 0. The molecule has 6 aromatic rings. The molecule has 0 aliphatic heterocycles. The van der Waals surface area contributed by atoms with E-state index in [1.807, 2.05) is 13.8 Å². The second-order valence-electron chi connectivity index (χ2n) is 8.12. The van der Waals surface area contributed by atoms with Crippen LogP contribution < -0.4 is 0 Å². The van der Waals surface area contributed by atoms with E-state index in [9.17, 15) is 0 Å². The Labute approximate surface area is 209 Å². The number of rotatable bonds is 6. The van der Waals surface area contributed by atoms with Gasteiger partial charge in [-0.15, -0.1) is 34.0 Å². The zero-order valence-corrected chi connectivity index (χ0v) is 21.4. The fraction of sp³-hybridized carbons (Fsp3) is 0.125. The van der Waals surface area contributed by atoms with Crippen LogP contribution in [-0.2, 0) is 0 Å². The number of aryl methyl sites for hydroxylation is 3. The summed E-state index contributed by atoms with van der Waals surface area (Å²) in [7, 11) is -0.365. The highest BCUT2D eigenvalue weighted by Crippen LogP contribution is 2.28. The number of hydrogen-bond donors (Lipinski definition) is 0. The lowest BCUT2D eigenvalue weighted by Gasteiger charge is -2.18. The van der Waals surface area contributed by atoms with Gasteiger partial charge in [0.1, 0.15) is 17.1 Å². The summed E-state index contributed by atoms with van der Waals surface area (Å²) in [6.45, 7) is 6.28. The largest absolute Gasteiger partial charge is 0.569 e. The maximum Gasteiger partial charge on any atom is 0.569 e. The van der Waals surface area contributed by atoms with Crippen LogP contribution in [0.25, 0.3) is 31.7 Å². The van der Waals surface area contributed by atoms with Crippen molar-refractivity contribution in [3.05, 3.63) is 87.8 Å². The van der Waals surface area contributed by atoms with Gasteiger partial charge in [-0.2, -0.15) is 15.3 Å². The van der Waals surface area contributed by atoms with Gasteiger partial charge in [-0.05, 0) is 73.3 Å². The molecule has 0 spiro atoms. The molecule has 168 valence electrons. The monoisotopic (exact) mass is 500 g/mol. The average Bonchev–Trinajstić information content (AvgIpc) is 3.64. The normalized spacial score (nSPS) is 11.4. The van der Waals surface area contributed by atoms with Crippen LogP contribution >= 0.6 is 34.0 Å². The molecule has 0 saturated carbocycles. The molecule has 10 heteroatoms. The molecular formula is C24H21BN6S3. The average molecular weight is 500 g/mol. The van der Waals surface area contributed by atoms with Gasteiger partial charge in [0.25, 0.3) is 0 Å². The standard InChI is InChI=1S/C24H21BN6S3/c1-16-13-19(22-7-4-10-32-22)26-29(16)25(30-17(2)14-20(27-30)23-8-5-11-33-23)31-18(3)15-21(28-31)24-9-6-12-34-24/h4-15H,1-3H3. The van der Waals surface area contributed by atoms with E-state index in [2.05, 4.69) is 91.5 Å². The molecule has 6 aromatic heterocycles. The van der Waals surface area contributed by atoms with Crippen molar-refractivity contribution in [3.8, 4) is 31.7 Å². The van der Waals surface area contributed by atoms with Crippen molar-refractivity contribution < 1.29 is 0 Å². The summed E-state index contributed by atoms with van der Waals surface area (Å²) in [5, 5.41) is 21.4. The van der Waals surface area contributed by atoms with Crippen molar-refractivity contribution >= 4 is 41.1 Å². The van der Waals surface area contributed by atoms with Crippen LogP contribution in [-0.4, -0.2) is 36.2 Å². The van der Waals surface area contributed by atoms with Crippen molar-refractivity contribution in [1.82, 2.24) is 29.1 Å². The van der Waals surface area contributed by atoms with Crippen LogP contribution in [0.15, 0.2) is 70.7 Å². The summed E-state index contributed by atoms with van der Waals surface area (Å²) in [4.78, 5) is 3.44. The van der Waals surface area contributed by atoms with Gasteiger partial charge in [-0.1, -0.05) is 18.2 Å². The van der Waals surface area contributed by atoms with E-state index in [-0.39, 0.29) is 7.12 Å². The van der Waals surface area contributed by atoms with Gasteiger partial charge in [0.05, 0.1) is 14.6 Å². The number of hydrogen-bond acceptors (Lipinski definition) is 6. The van der Waals surface area contributed by atoms with E-state index in [1.54, 1.807) is 34.0 Å². The summed E-state index contributed by atoms with van der Waals surface area (Å²) < 4.78 is 6.10. The Bertz CT molecular complexity index is 1350. The topological polar surface area (TPSA) is 53.5 Å². The number of nitrogens with zero attached hydrogens (tertiary/aromatic N) is 6. The molecule has 0 N–H and O–H groups in total. The molecule has 0 fully saturated rings. The predicted octanol–water partition coefficient (Wildman–Crippen LogP) is 6.32. The first-order valence-corrected chi connectivity index (χ1v) is 13.5. The van der Waals surface area contributed by atoms with Gasteiger partial charge in [0.2, 0.25) is 0 Å². The maximum absolute atomic E-state index is 5.04. The quantitative estimate of drug-likeness (QED) is 0.252. The molecular weight excluding hydrogens is 479 g/mol. The lowest BCUT2D eigenvalue weighted by Crippen LogP contribution is -2.45. The molecule has 0 bridgehead atoms. The van der Waals surface area contributed by atoms with Crippen LogP contribution in [0, 0.1) is 20.8 Å². The molecule has 0 unspecified atom stereocenters. The fourth-order valence-electron chi connectivity index (χ4n) is 4.11. The van der Waals surface area contributed by atoms with Crippen molar-refractivity contribution in [2.75, 3.05) is 0 Å². The molecule has 0 aliphatic carbocycles. The molecule has 34 heavy (non-hydrogen) atoms. The third-order valence-electron chi connectivity index (χ3n) is 5.74. The first-order valence-electron chi connectivity index (χ1n) is 10.9. The Morgan fingerprint density at radius 1 is 0.559 bits per heavy atom. The number of thiophene rings is 3. The molecule has 0 saturated heterocycles. The van der Waals surface area contributed by atoms with E-state index in [0.29, 0.717) is 0 Å². The highest BCUT2D eigenvalue weighted by atomic mass is 32.1. The van der Waals surface area contributed by atoms with Crippen molar-refractivity contribution in [1.29, 1.82) is 0 Å². The third-order valence-corrected chi connectivity index (χ3v) is 8.42. The summed E-state index contributed by atoms with van der Waals surface area (Å²) in [5.74, 6) is 0. The van der Waals surface area contributed by atoms with Crippen LogP contribution in [0.2, 0.25) is 0 Å². The minimum atomic E-state index is -0.365. The zero-order valence-electron chi connectivity index (χ0n) is 18.9. The molecule has 0 aliphatic rings. The molecule has 6 heterocycles. The minimum absolute atomic E-state index is 0.365. The molecule has 0 atom stereocenters. The van der Waals surface area contributed by atoms with E-state index < -0.39 is 0 Å². The van der Waals surface area contributed by atoms with Gasteiger partial charge in [-0.25, -0.2) is 0 Å². The summed E-state index contributed by atoms with van der Waals surface area (Å²) >= 11 is 5.08. The number of aromatic nitrogens is 6. The summed E-state index contributed by atoms with van der Waals surface area (Å²) in [6, 6.07) is 18.9. The first kappa shape index (κ1) is 21.3. The Kier molecular flexibility index (Phi) is 5.36. The van der Waals surface area contributed by atoms with Crippen molar-refractivity contribution in [2.24, 2.45) is 0 Å². The van der Waals surface area contributed by atoms with E-state index >= 15 is 0 Å². The van der Waals surface area contributed by atoms with Crippen LogP contribution in [0.4, 0.5) is 0 Å². The highest BCUT2D eigenvalue weighted by molar-refractivity contribution is 7.14. The SMILES string of the molecule is Cc1cc(-c2cccs2)nn1B(n1nc(-c2cccs2)cc1C)n1nc(-c2cccs2)cc1C. The van der Waals surface area contributed by atoms with E-state index in [4.69, 9.17) is 15.3 Å². The van der Waals surface area contributed by atoms with E-state index in [1.165, 1.54) is 0 Å². The van der Waals surface area contributed by atoms with Crippen LogP contribution in [0.3, 0.4) is 0 Å². The van der Waals surface area contributed by atoms with Crippen molar-refractivity contribution in [3.63, 3.8) is 0 Å². The molecule has 0 aromatic carbocycles. The van der Waals surface area contributed by atoms with Crippen LogP contribution in [0.1, 0.15) is 17.1 Å². The Morgan fingerprint density at radius 3 is 1.15 bits per heavy atom. The molecule has 0 radical (unpaired) electrons. The predicted molar refractivity (Wildman–Crippen MR) is 143 cm³/mol.